The Kier molecular flexibility index (Phi) is 7.38. The van der Waals surface area contributed by atoms with Crippen molar-refractivity contribution in [1.82, 2.24) is 15.0 Å². The van der Waals surface area contributed by atoms with Gasteiger partial charge in [0, 0.05) is 30.1 Å². The number of anilines is 2. The number of carbonyl (C=O) groups excluding carboxylic acids is 1. The summed E-state index contributed by atoms with van der Waals surface area (Å²) >= 11 is 0. The van der Waals surface area contributed by atoms with Crippen LogP contribution in [0.2, 0.25) is 0 Å². The van der Waals surface area contributed by atoms with Gasteiger partial charge in [-0.05, 0) is 55.8 Å². The molecule has 1 aliphatic rings. The Balaban J connectivity index is 1.68. The van der Waals surface area contributed by atoms with E-state index in [-0.39, 0.29) is 30.4 Å². The zero-order valence-electron chi connectivity index (χ0n) is 21.7. The largest absolute Gasteiger partial charge is 0.477 e. The van der Waals surface area contributed by atoms with E-state index in [2.05, 4.69) is 20.3 Å². The summed E-state index contributed by atoms with van der Waals surface area (Å²) in [5, 5.41) is 4.74. The van der Waals surface area contributed by atoms with E-state index in [1.54, 1.807) is 24.5 Å². The molecule has 0 aromatic carbocycles. The molecule has 0 saturated heterocycles. The summed E-state index contributed by atoms with van der Waals surface area (Å²) < 4.78 is 34.1. The van der Waals surface area contributed by atoms with E-state index in [0.29, 0.717) is 47.0 Å². The number of pyridine rings is 3. The summed E-state index contributed by atoms with van der Waals surface area (Å²) in [6.45, 7) is 7.99. The summed E-state index contributed by atoms with van der Waals surface area (Å²) in [5.74, 6) is 1.09. The number of nitrogens with zero attached hydrogens (tertiary/aromatic N) is 3. The lowest BCUT2D eigenvalue weighted by atomic mass is 9.88. The molecule has 3 atom stereocenters. The van der Waals surface area contributed by atoms with Gasteiger partial charge in [-0.15, -0.1) is 0 Å². The van der Waals surface area contributed by atoms with Crippen LogP contribution in [0.15, 0.2) is 30.6 Å². The van der Waals surface area contributed by atoms with Crippen LogP contribution in [0.3, 0.4) is 0 Å². The van der Waals surface area contributed by atoms with Crippen molar-refractivity contribution in [2.45, 2.75) is 58.1 Å². The number of sulfone groups is 1. The van der Waals surface area contributed by atoms with E-state index in [4.69, 9.17) is 15.2 Å². The Hall–Kier alpha value is -3.31. The third kappa shape index (κ3) is 5.83. The minimum atomic E-state index is -3.07. The zero-order chi connectivity index (χ0) is 27.0. The average molecular weight is 528 g/mol. The summed E-state index contributed by atoms with van der Waals surface area (Å²) in [5.41, 5.74) is 7.94. The molecule has 10 nitrogen and oxygen atoms in total. The molecule has 3 aromatic heterocycles. The van der Waals surface area contributed by atoms with E-state index >= 15 is 0 Å². The fraction of sp³-hybridized carbons (Fsp3) is 0.462. The molecule has 1 unspecified atom stereocenters. The first-order chi connectivity index (χ1) is 17.4. The molecule has 0 amide bonds. The van der Waals surface area contributed by atoms with E-state index in [9.17, 15) is 13.2 Å². The van der Waals surface area contributed by atoms with Crippen LogP contribution in [-0.2, 0) is 20.1 Å². The molecule has 0 spiro atoms. The second kappa shape index (κ2) is 10.2. The monoisotopic (exact) mass is 527 g/mol. The van der Waals surface area contributed by atoms with Gasteiger partial charge < -0.3 is 20.5 Å². The van der Waals surface area contributed by atoms with Crippen molar-refractivity contribution in [2.75, 3.05) is 23.9 Å². The van der Waals surface area contributed by atoms with Crippen LogP contribution in [-0.4, -0.2) is 54.1 Å². The molecular formula is C26H33N5O5S. The topological polar surface area (TPSA) is 146 Å². The van der Waals surface area contributed by atoms with Gasteiger partial charge in [0.25, 0.3) is 0 Å². The van der Waals surface area contributed by atoms with Crippen LogP contribution < -0.4 is 15.8 Å². The number of nitrogens with two attached hydrogens (primary N) is 1. The van der Waals surface area contributed by atoms with E-state index in [0.717, 1.165) is 10.9 Å². The maximum atomic E-state index is 12.2. The van der Waals surface area contributed by atoms with Crippen LogP contribution in [0.25, 0.3) is 10.8 Å². The Morgan fingerprint density at radius 3 is 2.62 bits per heavy atom. The van der Waals surface area contributed by atoms with Crippen molar-refractivity contribution in [3.63, 3.8) is 0 Å². The number of ether oxygens (including phenoxy) is 2. The first-order valence-corrected chi connectivity index (χ1v) is 14.3. The molecule has 11 heteroatoms. The minimum absolute atomic E-state index is 0.0366. The third-order valence-electron chi connectivity index (χ3n) is 6.81. The molecule has 0 bridgehead atoms. The van der Waals surface area contributed by atoms with Crippen LogP contribution in [0, 0.1) is 0 Å². The van der Waals surface area contributed by atoms with Gasteiger partial charge in [0.15, 0.2) is 0 Å². The van der Waals surface area contributed by atoms with Crippen LogP contribution in [0.5, 0.6) is 5.88 Å². The van der Waals surface area contributed by atoms with Gasteiger partial charge in [0.1, 0.15) is 27.6 Å². The van der Waals surface area contributed by atoms with Crippen molar-refractivity contribution in [2.24, 2.45) is 5.73 Å². The molecule has 0 saturated carbocycles. The Morgan fingerprint density at radius 1 is 1.16 bits per heavy atom. The van der Waals surface area contributed by atoms with Crippen LogP contribution in [0.1, 0.15) is 68.1 Å². The number of cyclic esters (lactones) is 1. The summed E-state index contributed by atoms with van der Waals surface area (Å²) in [6.07, 6.45) is 5.34. The predicted molar refractivity (Wildman–Crippen MR) is 142 cm³/mol. The van der Waals surface area contributed by atoms with E-state index in [1.165, 1.54) is 6.26 Å². The maximum Gasteiger partial charge on any atom is 0.340 e. The van der Waals surface area contributed by atoms with Crippen molar-refractivity contribution >= 4 is 38.2 Å². The van der Waals surface area contributed by atoms with Crippen molar-refractivity contribution in [3.8, 4) is 5.88 Å². The smallest absolute Gasteiger partial charge is 0.340 e. The third-order valence-corrected chi connectivity index (χ3v) is 7.84. The molecular weight excluding hydrogens is 494 g/mol. The number of fused-ring (bicyclic) bond motifs is 2. The lowest BCUT2D eigenvalue weighted by Gasteiger charge is -2.27. The minimum Gasteiger partial charge on any atom is -0.477 e. The highest BCUT2D eigenvalue weighted by molar-refractivity contribution is 7.90. The summed E-state index contributed by atoms with van der Waals surface area (Å²) in [4.78, 5) is 25.9. The maximum absolute atomic E-state index is 12.2. The van der Waals surface area contributed by atoms with Crippen molar-refractivity contribution in [3.05, 3.63) is 47.4 Å². The van der Waals surface area contributed by atoms with Gasteiger partial charge in [-0.1, -0.05) is 13.8 Å². The first-order valence-electron chi connectivity index (χ1n) is 12.3. The van der Waals surface area contributed by atoms with Gasteiger partial charge in [0.05, 0.1) is 29.0 Å². The number of hydrogen-bond acceptors (Lipinski definition) is 10. The fourth-order valence-corrected chi connectivity index (χ4v) is 4.82. The SMILES string of the molecule is CCC(C)(N)c1cnc(OCCCS(C)(=O)=O)c2cnc(Nc3ccc4c(n3)[C@@H](C)[C@@H](C)OC4=O)cc12. The molecule has 198 valence electrons. The first kappa shape index (κ1) is 26.7. The van der Waals surface area contributed by atoms with Gasteiger partial charge in [-0.3, -0.25) is 0 Å². The van der Waals surface area contributed by atoms with Crippen LogP contribution in [0.4, 0.5) is 11.6 Å². The molecule has 3 aromatic rings. The van der Waals surface area contributed by atoms with Crippen molar-refractivity contribution in [1.29, 1.82) is 0 Å². The van der Waals surface area contributed by atoms with Gasteiger partial charge in [-0.25, -0.2) is 28.2 Å². The Morgan fingerprint density at radius 2 is 1.92 bits per heavy atom. The molecule has 0 fully saturated rings. The molecule has 4 heterocycles. The fourth-order valence-electron chi connectivity index (χ4n) is 4.18. The lowest BCUT2D eigenvalue weighted by molar-refractivity contribution is 0.0235. The van der Waals surface area contributed by atoms with Gasteiger partial charge in [-0.2, -0.15) is 0 Å². The Labute approximate surface area is 216 Å². The van der Waals surface area contributed by atoms with E-state index < -0.39 is 15.4 Å². The average Bonchev–Trinajstić information content (AvgIpc) is 2.84. The number of esters is 1. The number of carbonyl (C=O) groups is 1. The molecule has 1 aliphatic heterocycles. The highest BCUT2D eigenvalue weighted by Crippen LogP contribution is 2.35. The molecule has 0 aliphatic carbocycles. The highest BCUT2D eigenvalue weighted by Gasteiger charge is 2.31. The number of rotatable bonds is 9. The molecule has 0 radical (unpaired) electrons. The zero-order valence-corrected chi connectivity index (χ0v) is 22.6. The molecule has 4 rings (SSSR count). The number of hydrogen-bond donors (Lipinski definition) is 2. The van der Waals surface area contributed by atoms with Crippen molar-refractivity contribution < 1.29 is 22.7 Å². The second-order valence-electron chi connectivity index (χ2n) is 9.85. The summed E-state index contributed by atoms with van der Waals surface area (Å²) in [7, 11) is -3.07. The quantitative estimate of drug-likeness (QED) is 0.311. The van der Waals surface area contributed by atoms with Gasteiger partial charge in [0.2, 0.25) is 5.88 Å². The second-order valence-corrected chi connectivity index (χ2v) is 12.1. The summed E-state index contributed by atoms with van der Waals surface area (Å²) in [6, 6.07) is 5.30. The predicted octanol–water partition coefficient (Wildman–Crippen LogP) is 3.83. The normalized spacial score (nSPS) is 19.1. The van der Waals surface area contributed by atoms with E-state index in [1.807, 2.05) is 33.8 Å². The van der Waals surface area contributed by atoms with Gasteiger partial charge >= 0.3 is 5.97 Å². The number of aromatic nitrogens is 3. The Bertz CT molecular complexity index is 1440. The highest BCUT2D eigenvalue weighted by atomic mass is 32.2. The van der Waals surface area contributed by atoms with Crippen LogP contribution >= 0.6 is 0 Å². The lowest BCUT2D eigenvalue weighted by Crippen LogP contribution is -2.32. The number of nitrogens with one attached hydrogen (secondary N) is 1. The standard InChI is InChI=1S/C26H33N5O5S/c1-6-26(4,27)20-14-29-24(35-10-7-11-37(5,33)34)19-13-28-22(12-18(19)20)30-21-9-8-17-23(31-21)15(2)16(3)36-25(17)32/h8-9,12-16H,6-7,10-11,27H2,1-5H3,(H,28,30,31)/t15-,16+,26?/m0/s1. The molecule has 3 N–H and O–H groups in total. The molecule has 37 heavy (non-hydrogen) atoms.